The van der Waals surface area contributed by atoms with Crippen molar-refractivity contribution in [1.82, 2.24) is 4.90 Å². The zero-order chi connectivity index (χ0) is 13.7. The maximum atomic E-state index is 12.0. The molecule has 0 atom stereocenters. The third kappa shape index (κ3) is 3.66. The van der Waals surface area contributed by atoms with Crippen LogP contribution in [-0.2, 0) is 4.79 Å². The van der Waals surface area contributed by atoms with Gasteiger partial charge in [0.2, 0.25) is 5.91 Å². The number of carbonyl (C=O) groups is 1. The minimum Gasteiger partial charge on any atom is -0.368 e. The van der Waals surface area contributed by atoms with Crippen LogP contribution in [-0.4, -0.2) is 49.0 Å². The number of aryl methyl sites for hydroxylation is 1. The second-order valence-electron chi connectivity index (χ2n) is 4.90. The molecule has 1 amide bonds. The van der Waals surface area contributed by atoms with Gasteiger partial charge in [0.15, 0.2) is 0 Å². The van der Waals surface area contributed by atoms with E-state index >= 15 is 0 Å². The van der Waals surface area contributed by atoms with Gasteiger partial charge in [-0.2, -0.15) is 11.8 Å². The molecule has 0 N–H and O–H groups in total. The summed E-state index contributed by atoms with van der Waals surface area (Å²) in [5, 5.41) is 0. The molecule has 2 rings (SSSR count). The van der Waals surface area contributed by atoms with Crippen molar-refractivity contribution in [2.75, 3.05) is 43.1 Å². The van der Waals surface area contributed by atoms with Gasteiger partial charge in [-0.3, -0.25) is 4.79 Å². The standard InChI is InChI=1S/C15H22N2OS/c1-13-5-3-4-6-14(13)16-8-10-17(11-9-16)15(18)7-12-19-2/h3-6H,7-12H2,1-2H3. The summed E-state index contributed by atoms with van der Waals surface area (Å²) in [6.45, 7) is 5.72. The number of rotatable bonds is 4. The Balaban J connectivity index is 1.89. The summed E-state index contributed by atoms with van der Waals surface area (Å²) in [4.78, 5) is 16.3. The summed E-state index contributed by atoms with van der Waals surface area (Å²) in [6.07, 6.45) is 2.72. The fraction of sp³-hybridized carbons (Fsp3) is 0.533. The first-order valence-corrected chi connectivity index (χ1v) is 8.19. The lowest BCUT2D eigenvalue weighted by molar-refractivity contribution is -0.131. The smallest absolute Gasteiger partial charge is 0.223 e. The summed E-state index contributed by atoms with van der Waals surface area (Å²) >= 11 is 1.74. The Morgan fingerprint density at radius 1 is 1.21 bits per heavy atom. The molecule has 1 aliphatic rings. The van der Waals surface area contributed by atoms with E-state index in [2.05, 4.69) is 36.1 Å². The van der Waals surface area contributed by atoms with E-state index in [1.165, 1.54) is 11.3 Å². The van der Waals surface area contributed by atoms with Gasteiger partial charge >= 0.3 is 0 Å². The molecule has 0 aliphatic carbocycles. The van der Waals surface area contributed by atoms with E-state index in [4.69, 9.17) is 0 Å². The first-order valence-electron chi connectivity index (χ1n) is 6.79. The maximum Gasteiger partial charge on any atom is 0.223 e. The highest BCUT2D eigenvalue weighted by molar-refractivity contribution is 7.98. The number of carbonyl (C=O) groups excluding carboxylic acids is 1. The van der Waals surface area contributed by atoms with Gasteiger partial charge in [-0.15, -0.1) is 0 Å². The van der Waals surface area contributed by atoms with Crippen LogP contribution in [0.5, 0.6) is 0 Å². The largest absolute Gasteiger partial charge is 0.368 e. The summed E-state index contributed by atoms with van der Waals surface area (Å²) < 4.78 is 0. The Hall–Kier alpha value is -1.16. The van der Waals surface area contributed by atoms with Gasteiger partial charge in [0.1, 0.15) is 0 Å². The molecule has 4 heteroatoms. The highest BCUT2D eigenvalue weighted by atomic mass is 32.2. The Bertz CT molecular complexity index is 428. The van der Waals surface area contributed by atoms with Gasteiger partial charge in [0.25, 0.3) is 0 Å². The normalized spacial score (nSPS) is 15.7. The Kier molecular flexibility index (Phi) is 5.14. The van der Waals surface area contributed by atoms with E-state index in [0.717, 1.165) is 31.9 Å². The van der Waals surface area contributed by atoms with Gasteiger partial charge in [-0.05, 0) is 24.8 Å². The molecule has 1 saturated heterocycles. The molecule has 1 heterocycles. The van der Waals surface area contributed by atoms with Crippen molar-refractivity contribution in [2.24, 2.45) is 0 Å². The Labute approximate surface area is 120 Å². The van der Waals surface area contributed by atoms with Crippen molar-refractivity contribution >= 4 is 23.4 Å². The number of para-hydroxylation sites is 1. The average molecular weight is 278 g/mol. The fourth-order valence-electron chi connectivity index (χ4n) is 2.46. The van der Waals surface area contributed by atoms with Crippen LogP contribution in [0.2, 0.25) is 0 Å². The zero-order valence-corrected chi connectivity index (χ0v) is 12.6. The summed E-state index contributed by atoms with van der Waals surface area (Å²) in [6, 6.07) is 8.46. The molecular weight excluding hydrogens is 256 g/mol. The number of nitrogens with zero attached hydrogens (tertiary/aromatic N) is 2. The van der Waals surface area contributed by atoms with E-state index in [0.29, 0.717) is 12.3 Å². The van der Waals surface area contributed by atoms with Crippen LogP contribution < -0.4 is 4.90 Å². The topological polar surface area (TPSA) is 23.6 Å². The molecule has 0 spiro atoms. The van der Waals surface area contributed by atoms with Gasteiger partial charge in [0, 0.05) is 44.0 Å². The first-order chi connectivity index (χ1) is 9.22. The lowest BCUT2D eigenvalue weighted by atomic mass is 10.1. The van der Waals surface area contributed by atoms with Crippen molar-refractivity contribution in [2.45, 2.75) is 13.3 Å². The molecule has 1 aromatic rings. The number of hydrogen-bond acceptors (Lipinski definition) is 3. The van der Waals surface area contributed by atoms with E-state index < -0.39 is 0 Å². The summed E-state index contributed by atoms with van der Waals surface area (Å²) in [7, 11) is 0. The van der Waals surface area contributed by atoms with Crippen molar-refractivity contribution in [3.63, 3.8) is 0 Å². The molecular formula is C15H22N2OS. The van der Waals surface area contributed by atoms with Gasteiger partial charge < -0.3 is 9.80 Å². The van der Waals surface area contributed by atoms with E-state index in [1.807, 2.05) is 11.2 Å². The van der Waals surface area contributed by atoms with Crippen molar-refractivity contribution in [1.29, 1.82) is 0 Å². The monoisotopic (exact) mass is 278 g/mol. The van der Waals surface area contributed by atoms with Gasteiger partial charge in [-0.1, -0.05) is 18.2 Å². The average Bonchev–Trinajstić information content (AvgIpc) is 2.45. The molecule has 1 fully saturated rings. The number of hydrogen-bond donors (Lipinski definition) is 0. The molecule has 3 nitrogen and oxygen atoms in total. The third-order valence-electron chi connectivity index (χ3n) is 3.61. The minimum atomic E-state index is 0.304. The Morgan fingerprint density at radius 2 is 1.89 bits per heavy atom. The number of amides is 1. The second-order valence-corrected chi connectivity index (χ2v) is 5.88. The minimum absolute atomic E-state index is 0.304. The number of thioether (sulfide) groups is 1. The quantitative estimate of drug-likeness (QED) is 0.845. The summed E-state index contributed by atoms with van der Waals surface area (Å²) in [5.41, 5.74) is 2.61. The van der Waals surface area contributed by atoms with Crippen molar-refractivity contribution < 1.29 is 4.79 Å². The van der Waals surface area contributed by atoms with Crippen LogP contribution in [0.1, 0.15) is 12.0 Å². The highest BCUT2D eigenvalue weighted by Crippen LogP contribution is 2.20. The molecule has 0 radical (unpaired) electrons. The number of anilines is 1. The van der Waals surface area contributed by atoms with Crippen LogP contribution in [0.4, 0.5) is 5.69 Å². The van der Waals surface area contributed by atoms with Crippen LogP contribution in [0, 0.1) is 6.92 Å². The highest BCUT2D eigenvalue weighted by Gasteiger charge is 2.21. The van der Waals surface area contributed by atoms with Crippen LogP contribution in [0.3, 0.4) is 0 Å². The lowest BCUT2D eigenvalue weighted by Crippen LogP contribution is -2.49. The molecule has 0 aromatic heterocycles. The van der Waals surface area contributed by atoms with E-state index in [1.54, 1.807) is 11.8 Å². The maximum absolute atomic E-state index is 12.0. The van der Waals surface area contributed by atoms with Crippen molar-refractivity contribution in [3.8, 4) is 0 Å². The third-order valence-corrected chi connectivity index (χ3v) is 4.22. The molecule has 19 heavy (non-hydrogen) atoms. The SMILES string of the molecule is CSCCC(=O)N1CCN(c2ccccc2C)CC1. The Morgan fingerprint density at radius 3 is 2.53 bits per heavy atom. The fourth-order valence-corrected chi connectivity index (χ4v) is 2.84. The number of benzene rings is 1. The van der Waals surface area contributed by atoms with Gasteiger partial charge in [0.05, 0.1) is 0 Å². The predicted octanol–water partition coefficient (Wildman–Crippen LogP) is 2.40. The molecule has 104 valence electrons. The lowest BCUT2D eigenvalue weighted by Gasteiger charge is -2.36. The second kappa shape index (κ2) is 6.85. The van der Waals surface area contributed by atoms with E-state index in [-0.39, 0.29) is 0 Å². The van der Waals surface area contributed by atoms with Crippen LogP contribution in [0.15, 0.2) is 24.3 Å². The van der Waals surface area contributed by atoms with Crippen molar-refractivity contribution in [3.05, 3.63) is 29.8 Å². The molecule has 0 saturated carbocycles. The van der Waals surface area contributed by atoms with Crippen LogP contribution in [0.25, 0.3) is 0 Å². The van der Waals surface area contributed by atoms with Crippen LogP contribution >= 0.6 is 11.8 Å². The first kappa shape index (κ1) is 14.3. The van der Waals surface area contributed by atoms with E-state index in [9.17, 15) is 4.79 Å². The zero-order valence-electron chi connectivity index (χ0n) is 11.8. The molecule has 0 unspecified atom stereocenters. The predicted molar refractivity (Wildman–Crippen MR) is 83.0 cm³/mol. The number of piperazine rings is 1. The molecule has 1 aromatic carbocycles. The van der Waals surface area contributed by atoms with Gasteiger partial charge in [-0.25, -0.2) is 0 Å². The molecule has 1 aliphatic heterocycles. The summed E-state index contributed by atoms with van der Waals surface area (Å²) in [5.74, 6) is 1.23. The molecule has 0 bridgehead atoms.